The van der Waals surface area contributed by atoms with E-state index in [0.717, 1.165) is 35.6 Å². The van der Waals surface area contributed by atoms with Crippen molar-refractivity contribution >= 4 is 38.8 Å². The standard InChI is InChI=1S/C26H33N5O4S2/c1-16(2)35-26(32)30-19-9-7-18(8-10-19)25-27-15-22(36-25)21-12-11-20(29-24-6-5-13-28-31-24)14-23(21)37(33,34)17(3)4/h5-6,11-19H,7-10H2,1-4H3,(H,29,31)(H,30,32). The summed E-state index contributed by atoms with van der Waals surface area (Å²) in [5, 5.41) is 14.4. The number of amides is 1. The average molecular weight is 544 g/mol. The highest BCUT2D eigenvalue weighted by Crippen LogP contribution is 2.40. The monoisotopic (exact) mass is 543 g/mol. The normalized spacial score (nSPS) is 18.1. The van der Waals surface area contributed by atoms with E-state index < -0.39 is 15.1 Å². The molecule has 2 aromatic heterocycles. The van der Waals surface area contributed by atoms with Crippen molar-refractivity contribution in [2.45, 2.75) is 81.6 Å². The van der Waals surface area contributed by atoms with Gasteiger partial charge in [0.25, 0.3) is 0 Å². The highest BCUT2D eigenvalue weighted by molar-refractivity contribution is 7.92. The zero-order valence-corrected chi connectivity index (χ0v) is 23.1. The smallest absolute Gasteiger partial charge is 0.407 e. The predicted octanol–water partition coefficient (Wildman–Crippen LogP) is 5.69. The molecule has 4 rings (SSSR count). The molecule has 1 aromatic carbocycles. The van der Waals surface area contributed by atoms with Gasteiger partial charge in [0.1, 0.15) is 0 Å². The van der Waals surface area contributed by atoms with E-state index in [9.17, 15) is 13.2 Å². The van der Waals surface area contributed by atoms with Gasteiger partial charge in [0, 0.05) is 35.6 Å². The van der Waals surface area contributed by atoms with Gasteiger partial charge in [-0.3, -0.25) is 0 Å². The second-order valence-electron chi connectivity index (χ2n) is 9.75. The molecule has 2 heterocycles. The topological polar surface area (TPSA) is 123 Å². The van der Waals surface area contributed by atoms with E-state index in [0.29, 0.717) is 17.1 Å². The summed E-state index contributed by atoms with van der Waals surface area (Å²) in [5.41, 5.74) is 1.27. The molecule has 0 aliphatic heterocycles. The molecule has 1 fully saturated rings. The van der Waals surface area contributed by atoms with Crippen molar-refractivity contribution in [2.24, 2.45) is 0 Å². The van der Waals surface area contributed by atoms with Gasteiger partial charge in [0.2, 0.25) is 0 Å². The van der Waals surface area contributed by atoms with Gasteiger partial charge in [-0.1, -0.05) is 6.07 Å². The van der Waals surface area contributed by atoms with Crippen LogP contribution >= 0.6 is 11.3 Å². The van der Waals surface area contributed by atoms with Crippen molar-refractivity contribution < 1.29 is 17.9 Å². The summed E-state index contributed by atoms with van der Waals surface area (Å²) in [6.45, 7) is 7.03. The maximum Gasteiger partial charge on any atom is 0.407 e. The van der Waals surface area contributed by atoms with E-state index >= 15 is 0 Å². The molecule has 1 amide bonds. The van der Waals surface area contributed by atoms with Crippen molar-refractivity contribution in [3.63, 3.8) is 0 Å². The molecule has 3 aromatic rings. The fraction of sp³-hybridized carbons (Fsp3) is 0.462. The number of nitrogens with one attached hydrogen (secondary N) is 2. The summed E-state index contributed by atoms with van der Waals surface area (Å²) in [4.78, 5) is 17.7. The van der Waals surface area contributed by atoms with Crippen molar-refractivity contribution in [1.82, 2.24) is 20.5 Å². The first kappa shape index (κ1) is 27.0. The molecule has 1 saturated carbocycles. The third-order valence-corrected chi connectivity index (χ3v) is 9.67. The number of hydrogen-bond donors (Lipinski definition) is 2. The zero-order valence-electron chi connectivity index (χ0n) is 21.5. The number of thiazole rings is 1. The second-order valence-corrected chi connectivity index (χ2v) is 13.3. The minimum Gasteiger partial charge on any atom is -0.447 e. The van der Waals surface area contributed by atoms with E-state index in [1.807, 2.05) is 26.0 Å². The number of benzene rings is 1. The molecule has 9 nitrogen and oxygen atoms in total. The van der Waals surface area contributed by atoms with Gasteiger partial charge in [-0.05, 0) is 77.6 Å². The average Bonchev–Trinajstić information content (AvgIpc) is 3.34. The fourth-order valence-electron chi connectivity index (χ4n) is 4.31. The second kappa shape index (κ2) is 11.6. The molecule has 2 N–H and O–H groups in total. The Bertz CT molecular complexity index is 1320. The molecule has 1 aliphatic rings. The van der Waals surface area contributed by atoms with Crippen molar-refractivity contribution in [3.05, 3.63) is 47.7 Å². The number of carbonyl (C=O) groups excluding carboxylic acids is 1. The van der Waals surface area contributed by atoms with Crippen LogP contribution in [0.15, 0.2) is 47.6 Å². The van der Waals surface area contributed by atoms with E-state index in [2.05, 4.69) is 25.8 Å². The van der Waals surface area contributed by atoms with E-state index in [1.165, 1.54) is 11.3 Å². The van der Waals surface area contributed by atoms with Crippen LogP contribution in [0.3, 0.4) is 0 Å². The molecule has 1 aliphatic carbocycles. The molecular weight excluding hydrogens is 510 g/mol. The third kappa shape index (κ3) is 6.64. The van der Waals surface area contributed by atoms with Crippen molar-refractivity contribution in [2.75, 3.05) is 5.32 Å². The molecule has 0 unspecified atom stereocenters. The minimum absolute atomic E-state index is 0.0964. The largest absolute Gasteiger partial charge is 0.447 e. The van der Waals surface area contributed by atoms with Crippen LogP contribution in [0, 0.1) is 0 Å². The van der Waals surface area contributed by atoms with Crippen LogP contribution in [0.5, 0.6) is 0 Å². The van der Waals surface area contributed by atoms with Gasteiger partial charge < -0.3 is 15.4 Å². The first-order chi connectivity index (χ1) is 17.6. The number of nitrogens with zero attached hydrogens (tertiary/aromatic N) is 3. The van der Waals surface area contributed by atoms with E-state index in [4.69, 9.17) is 4.74 Å². The van der Waals surface area contributed by atoms with Crippen LogP contribution in [0.4, 0.5) is 16.3 Å². The van der Waals surface area contributed by atoms with Gasteiger partial charge >= 0.3 is 6.09 Å². The Kier molecular flexibility index (Phi) is 8.43. The lowest BCUT2D eigenvalue weighted by atomic mass is 9.86. The summed E-state index contributed by atoms with van der Waals surface area (Å²) in [5.74, 6) is 0.812. The fourth-order valence-corrected chi connectivity index (χ4v) is 6.78. The number of aromatic nitrogens is 3. The quantitative estimate of drug-likeness (QED) is 0.372. The lowest BCUT2D eigenvalue weighted by Gasteiger charge is -2.28. The van der Waals surface area contributed by atoms with Gasteiger partial charge in [-0.25, -0.2) is 18.2 Å². The SMILES string of the molecule is CC(C)OC(=O)NC1CCC(c2ncc(-c3ccc(Nc4cccnn4)cc3S(=O)(=O)C(C)C)s2)CC1. The highest BCUT2D eigenvalue weighted by atomic mass is 32.2. The zero-order chi connectivity index (χ0) is 26.6. The Hall–Kier alpha value is -3.05. The van der Waals surface area contributed by atoms with E-state index in [1.54, 1.807) is 44.4 Å². The van der Waals surface area contributed by atoms with Crippen LogP contribution in [-0.4, -0.2) is 47.1 Å². The Labute approximate surface area is 222 Å². The third-order valence-electron chi connectivity index (χ3n) is 6.28. The molecule has 0 spiro atoms. The molecule has 0 bridgehead atoms. The number of carbonyl (C=O) groups is 1. The van der Waals surface area contributed by atoms with Crippen LogP contribution in [0.1, 0.15) is 64.3 Å². The van der Waals surface area contributed by atoms with Crippen molar-refractivity contribution in [3.8, 4) is 10.4 Å². The Morgan fingerprint density at radius 3 is 2.51 bits per heavy atom. The molecule has 0 atom stereocenters. The number of anilines is 2. The number of sulfone groups is 1. The number of hydrogen-bond acceptors (Lipinski definition) is 9. The maximum absolute atomic E-state index is 13.3. The molecule has 0 saturated heterocycles. The first-order valence-corrected chi connectivity index (χ1v) is 14.9. The van der Waals surface area contributed by atoms with Gasteiger partial charge in [0.15, 0.2) is 15.7 Å². The minimum atomic E-state index is -3.56. The summed E-state index contributed by atoms with van der Waals surface area (Å²) in [6, 6.07) is 8.95. The van der Waals surface area contributed by atoms with Gasteiger partial charge in [-0.2, -0.15) is 5.10 Å². The maximum atomic E-state index is 13.3. The Morgan fingerprint density at radius 1 is 1.11 bits per heavy atom. The lowest BCUT2D eigenvalue weighted by molar-refractivity contribution is 0.109. The lowest BCUT2D eigenvalue weighted by Crippen LogP contribution is -2.38. The number of ether oxygens (including phenoxy) is 1. The van der Waals surface area contributed by atoms with Crippen LogP contribution < -0.4 is 10.6 Å². The Balaban J connectivity index is 1.53. The van der Waals surface area contributed by atoms with E-state index in [-0.39, 0.29) is 29.1 Å². The van der Waals surface area contributed by atoms with Crippen molar-refractivity contribution in [1.29, 1.82) is 0 Å². The van der Waals surface area contributed by atoms with Gasteiger partial charge in [0.05, 0.1) is 26.1 Å². The number of rotatable bonds is 8. The summed E-state index contributed by atoms with van der Waals surface area (Å²) in [6.07, 6.45) is 6.33. The number of alkyl carbamates (subject to hydrolysis) is 1. The summed E-state index contributed by atoms with van der Waals surface area (Å²) in [7, 11) is -3.56. The Morgan fingerprint density at radius 2 is 1.86 bits per heavy atom. The van der Waals surface area contributed by atoms with Crippen LogP contribution in [-0.2, 0) is 14.6 Å². The van der Waals surface area contributed by atoms with Crippen LogP contribution in [0.2, 0.25) is 0 Å². The first-order valence-electron chi connectivity index (χ1n) is 12.5. The molecular formula is C26H33N5O4S2. The summed E-state index contributed by atoms with van der Waals surface area (Å²) >= 11 is 1.54. The predicted molar refractivity (Wildman–Crippen MR) is 145 cm³/mol. The van der Waals surface area contributed by atoms with Gasteiger partial charge in [-0.15, -0.1) is 16.4 Å². The molecule has 0 radical (unpaired) electrons. The molecule has 37 heavy (non-hydrogen) atoms. The summed E-state index contributed by atoms with van der Waals surface area (Å²) < 4.78 is 31.8. The molecule has 11 heteroatoms. The highest BCUT2D eigenvalue weighted by Gasteiger charge is 2.28. The molecule has 198 valence electrons. The van der Waals surface area contributed by atoms with Crippen LogP contribution in [0.25, 0.3) is 10.4 Å².